The van der Waals surface area contributed by atoms with Crippen molar-refractivity contribution in [3.05, 3.63) is 173 Å². The molecule has 0 spiro atoms. The molecule has 0 aliphatic carbocycles. The van der Waals surface area contributed by atoms with Crippen LogP contribution in [0.3, 0.4) is 0 Å². The number of alkyl halides is 9. The summed E-state index contributed by atoms with van der Waals surface area (Å²) in [5, 5.41) is 18.8. The number of amides is 8. The molecule has 0 radical (unpaired) electrons. The van der Waals surface area contributed by atoms with Gasteiger partial charge in [0.05, 0.1) is 18.6 Å². The first-order valence-corrected chi connectivity index (χ1v) is 32.8. The lowest BCUT2D eigenvalue weighted by atomic mass is 10.0. The number of rotatable bonds is 12. The van der Waals surface area contributed by atoms with Crippen molar-refractivity contribution in [3.63, 3.8) is 0 Å². The summed E-state index contributed by atoms with van der Waals surface area (Å²) >= 11 is 0. The summed E-state index contributed by atoms with van der Waals surface area (Å²) in [5.74, 6) is -4.51. The van der Waals surface area contributed by atoms with Gasteiger partial charge in [-0.2, -0.15) is 44.6 Å². The standard InChI is InChI=1S/C24H27F3N4O5.C22H21F3N6O3.C18H24N2O6.C6H5F3N2/c1-23(2,3)36-21(33)30-12-13-31(22(34)35-15-16-8-5-4-6-9-16)17(14-30)20(32)29-19-11-7-10-18(28-19)24(25,26)27;23-22(24,25)16-9-5-10-17(27-16)28-21(34)15-8-3-4-11-30(15)18(32)12-31-14-7-2-1-6-13(14)19(29-31)20(26)33;1-18(2,3)26-16(23)19-9-10-20(14(11-19)15(21)22)17(24)25-12-13-7-5-4-6-8-13;7-6(8,9)4-2-1-3-5(10)11-4/h4-11,17H,12-15H2,1-3H3,(H,28,29,32);1-2,5-7,9-10,15H,3-4,8,11-12H2,(H2,26,33)(H,27,28,34);4-8,14H,9-12H2,1-3H3,(H,21,22);1-3H,(H2,10,11)/t17-;15-;14-;/m000./s1. The Labute approximate surface area is 606 Å². The lowest BCUT2D eigenvalue weighted by Gasteiger charge is -2.40. The highest BCUT2D eigenvalue weighted by atomic mass is 19.4. The molecular formula is C70H77F9N14O14. The van der Waals surface area contributed by atoms with Gasteiger partial charge in [-0.05, 0) is 114 Å². The van der Waals surface area contributed by atoms with Crippen molar-refractivity contribution in [2.24, 2.45) is 5.73 Å². The number of pyridine rings is 3. The second-order valence-corrected chi connectivity index (χ2v) is 25.9. The van der Waals surface area contributed by atoms with E-state index in [0.717, 1.165) is 51.3 Å². The number of piperidine rings is 1. The average Bonchev–Trinajstić information content (AvgIpc) is 1.71. The Kier molecular flexibility index (Phi) is 27.6. The molecular weight excluding hydrogens is 1430 g/mol. The number of anilines is 3. The number of nitrogens with one attached hydrogen (secondary N) is 2. The Bertz CT molecular complexity index is 4270. The minimum Gasteiger partial charge on any atom is -0.480 e. The van der Waals surface area contributed by atoms with Crippen LogP contribution in [-0.4, -0.2) is 183 Å². The van der Waals surface area contributed by atoms with Crippen molar-refractivity contribution >= 4 is 82.3 Å². The number of carboxylic acids is 1. The van der Waals surface area contributed by atoms with Crippen LogP contribution in [0, 0.1) is 0 Å². The molecule has 8 amide bonds. The molecule has 107 heavy (non-hydrogen) atoms. The molecule has 574 valence electrons. The third kappa shape index (κ3) is 24.7. The molecule has 3 aliphatic rings. The van der Waals surface area contributed by atoms with E-state index in [1.807, 2.05) is 36.4 Å². The van der Waals surface area contributed by atoms with E-state index in [1.165, 1.54) is 43.6 Å². The van der Waals surface area contributed by atoms with Crippen molar-refractivity contribution in [1.29, 1.82) is 0 Å². The maximum atomic E-state index is 13.1. The van der Waals surface area contributed by atoms with Gasteiger partial charge in [-0.15, -0.1) is 0 Å². The molecule has 4 aromatic heterocycles. The number of nitrogens with zero attached hydrogens (tertiary/aromatic N) is 10. The SMILES string of the molecule is CC(C)(C)OC(=O)N1CCN(C(=O)OCc2ccccc2)[C@H](C(=O)Nc2cccc(C(F)(F)F)n2)C1.CC(C)(C)OC(=O)N1CCN(C(=O)OCc2ccccc2)[C@H](C(=O)O)C1.NC(=O)c1nn(CC(=O)N2CCCC[C@H]2C(=O)Nc2cccc(C(F)(F)F)n2)c2ccccc12.Nc1cccc(C(F)(F)F)n1. The van der Waals surface area contributed by atoms with E-state index in [-0.39, 0.29) is 82.2 Å². The molecule has 3 aromatic carbocycles. The number of hydrogen-bond acceptors (Lipinski definition) is 18. The number of hydrogen-bond donors (Lipinski definition) is 5. The zero-order valence-electron chi connectivity index (χ0n) is 58.5. The van der Waals surface area contributed by atoms with Crippen LogP contribution < -0.4 is 22.1 Å². The highest BCUT2D eigenvalue weighted by Gasteiger charge is 2.43. The molecule has 7 aromatic rings. The normalized spacial score (nSPS) is 16.2. The van der Waals surface area contributed by atoms with E-state index in [9.17, 15) is 87.8 Å². The fourth-order valence-corrected chi connectivity index (χ4v) is 10.5. The highest BCUT2D eigenvalue weighted by molar-refractivity contribution is 6.04. The number of carbonyl (C=O) groups is 9. The molecule has 3 aliphatic heterocycles. The molecule has 3 saturated heterocycles. The van der Waals surface area contributed by atoms with Crippen LogP contribution in [0.2, 0.25) is 0 Å². The predicted molar refractivity (Wildman–Crippen MR) is 364 cm³/mol. The van der Waals surface area contributed by atoms with Gasteiger partial charge >= 0.3 is 48.9 Å². The van der Waals surface area contributed by atoms with Gasteiger partial charge in [0.25, 0.3) is 5.91 Å². The summed E-state index contributed by atoms with van der Waals surface area (Å²) in [6.45, 7) is 10.2. The van der Waals surface area contributed by atoms with Gasteiger partial charge < -0.3 is 60.9 Å². The van der Waals surface area contributed by atoms with Crippen LogP contribution in [0.5, 0.6) is 0 Å². The smallest absolute Gasteiger partial charge is 0.433 e. The van der Waals surface area contributed by atoms with Crippen LogP contribution in [0.25, 0.3) is 10.9 Å². The first-order chi connectivity index (χ1) is 50.1. The third-order valence-electron chi connectivity index (χ3n) is 15.5. The van der Waals surface area contributed by atoms with Crippen molar-refractivity contribution in [2.45, 2.75) is 128 Å². The molecule has 3 atom stereocenters. The number of benzene rings is 3. The van der Waals surface area contributed by atoms with Gasteiger partial charge in [-0.1, -0.05) is 97.1 Å². The van der Waals surface area contributed by atoms with Crippen LogP contribution in [-0.2, 0) is 76.4 Å². The molecule has 0 bridgehead atoms. The number of primary amides is 1. The molecule has 7 heterocycles. The molecule has 28 nitrogen and oxygen atoms in total. The summed E-state index contributed by atoms with van der Waals surface area (Å²) in [6, 6.07) is 31.2. The van der Waals surface area contributed by atoms with Crippen LogP contribution in [0.1, 0.15) is 99.5 Å². The Balaban J connectivity index is 0.000000210. The van der Waals surface area contributed by atoms with Crippen LogP contribution in [0.15, 0.2) is 140 Å². The Hall–Kier alpha value is -11.8. The Morgan fingerprint density at radius 1 is 0.495 bits per heavy atom. The summed E-state index contributed by atoms with van der Waals surface area (Å²) in [7, 11) is 0. The summed E-state index contributed by atoms with van der Waals surface area (Å²) in [5.41, 5.74) is 7.81. The number of aliphatic carboxylic acids is 1. The van der Waals surface area contributed by atoms with E-state index < -0.39 is 119 Å². The summed E-state index contributed by atoms with van der Waals surface area (Å²) in [4.78, 5) is 129. The van der Waals surface area contributed by atoms with Crippen molar-refractivity contribution < 1.29 is 107 Å². The van der Waals surface area contributed by atoms with Gasteiger partial charge in [-0.25, -0.2) is 38.9 Å². The number of halogens is 9. The fourth-order valence-electron chi connectivity index (χ4n) is 10.5. The van der Waals surface area contributed by atoms with E-state index in [4.69, 9.17) is 30.4 Å². The molecule has 10 rings (SSSR count). The topological polar surface area (TPSA) is 360 Å². The highest BCUT2D eigenvalue weighted by Crippen LogP contribution is 2.32. The zero-order valence-corrected chi connectivity index (χ0v) is 58.5. The first kappa shape index (κ1) is 82.5. The first-order valence-electron chi connectivity index (χ1n) is 32.8. The number of carboxylic acid groups (broad SMARTS) is 1. The largest absolute Gasteiger partial charge is 0.480 e. The second-order valence-electron chi connectivity index (χ2n) is 25.9. The van der Waals surface area contributed by atoms with Gasteiger partial charge in [0.2, 0.25) is 17.7 Å². The second kappa shape index (κ2) is 35.8. The number of nitrogen functional groups attached to an aromatic ring is 1. The van der Waals surface area contributed by atoms with Crippen LogP contribution >= 0.6 is 0 Å². The van der Waals surface area contributed by atoms with Gasteiger partial charge in [0.15, 0.2) is 11.7 Å². The minimum atomic E-state index is -4.70. The Morgan fingerprint density at radius 3 is 1.36 bits per heavy atom. The summed E-state index contributed by atoms with van der Waals surface area (Å²) in [6.07, 6.45) is -14.9. The minimum absolute atomic E-state index is 0.0342. The summed E-state index contributed by atoms with van der Waals surface area (Å²) < 4.78 is 136. The van der Waals surface area contributed by atoms with Crippen molar-refractivity contribution in [3.8, 4) is 0 Å². The van der Waals surface area contributed by atoms with Gasteiger partial charge in [0.1, 0.15) is 77.6 Å². The van der Waals surface area contributed by atoms with E-state index in [1.54, 1.807) is 90.1 Å². The van der Waals surface area contributed by atoms with Gasteiger partial charge in [-0.3, -0.25) is 33.7 Å². The number of carbonyl (C=O) groups excluding carboxylic acids is 8. The lowest BCUT2D eigenvalue weighted by Crippen LogP contribution is -2.61. The zero-order chi connectivity index (χ0) is 78.8. The maximum Gasteiger partial charge on any atom is 0.433 e. The predicted octanol–water partition coefficient (Wildman–Crippen LogP) is 10.9. The monoisotopic (exact) mass is 1510 g/mol. The van der Waals surface area contributed by atoms with Gasteiger partial charge in [0, 0.05) is 38.1 Å². The number of para-hydroxylation sites is 1. The quantitative estimate of drug-likeness (QED) is 0.0560. The number of aromatic nitrogens is 5. The molecule has 0 unspecified atom stereocenters. The average molecular weight is 1510 g/mol. The maximum absolute atomic E-state index is 13.1. The van der Waals surface area contributed by atoms with Crippen molar-refractivity contribution in [1.82, 2.24) is 49.2 Å². The molecule has 3 fully saturated rings. The van der Waals surface area contributed by atoms with E-state index in [2.05, 4.69) is 30.7 Å². The molecule has 37 heteroatoms. The number of piperazine rings is 2. The third-order valence-corrected chi connectivity index (χ3v) is 15.5. The number of ether oxygens (including phenoxy) is 4. The number of likely N-dealkylation sites (tertiary alicyclic amines) is 1. The lowest BCUT2D eigenvalue weighted by molar-refractivity contribution is -0.145. The van der Waals surface area contributed by atoms with E-state index in [0.29, 0.717) is 36.7 Å². The number of nitrogens with two attached hydrogens (primary N) is 2. The number of fused-ring (bicyclic) bond motifs is 1. The fraction of sp³-hybridized carbons (Fsp3) is 0.386. The van der Waals surface area contributed by atoms with Crippen molar-refractivity contribution in [2.75, 3.05) is 62.2 Å². The van der Waals surface area contributed by atoms with Crippen LogP contribution in [0.4, 0.5) is 76.1 Å². The molecule has 0 saturated carbocycles. The molecule has 7 N–H and O–H groups in total. The Morgan fingerprint density at radius 2 is 0.925 bits per heavy atom. The van der Waals surface area contributed by atoms with E-state index >= 15 is 0 Å².